The maximum atomic E-state index is 14.0. The summed E-state index contributed by atoms with van der Waals surface area (Å²) in [7, 11) is 0. The lowest BCUT2D eigenvalue weighted by molar-refractivity contribution is -0.0802. The molecule has 0 amide bonds. The minimum absolute atomic E-state index is 0.133. The standard InChI is InChI=1S/C14H20ClFN2O/c1-9-7-18(8-10(2)19-9)14(6-17)12-4-3-11(15)5-13(12)16/h3-5,9-10,14H,6-8,17H2,1-2H3/t9-,10+,14?. The molecule has 1 saturated heterocycles. The molecule has 0 aliphatic carbocycles. The molecule has 5 heteroatoms. The molecule has 0 radical (unpaired) electrons. The molecule has 0 bridgehead atoms. The van der Waals surface area contributed by atoms with Gasteiger partial charge in [-0.1, -0.05) is 17.7 Å². The summed E-state index contributed by atoms with van der Waals surface area (Å²) in [6.07, 6.45) is 0.265. The summed E-state index contributed by atoms with van der Waals surface area (Å²) in [6, 6.07) is 4.63. The van der Waals surface area contributed by atoms with E-state index in [0.29, 0.717) is 17.1 Å². The minimum atomic E-state index is -0.297. The van der Waals surface area contributed by atoms with Crippen LogP contribution in [0.4, 0.5) is 4.39 Å². The second kappa shape index (κ2) is 6.18. The first-order valence-electron chi connectivity index (χ1n) is 6.55. The number of hydrogen-bond acceptors (Lipinski definition) is 3. The van der Waals surface area contributed by atoms with E-state index in [0.717, 1.165) is 13.1 Å². The van der Waals surface area contributed by atoms with Gasteiger partial charge in [0, 0.05) is 30.2 Å². The number of halogens is 2. The Morgan fingerprint density at radius 2 is 2.05 bits per heavy atom. The number of nitrogens with zero attached hydrogens (tertiary/aromatic N) is 1. The number of benzene rings is 1. The summed E-state index contributed by atoms with van der Waals surface area (Å²) in [4.78, 5) is 2.19. The van der Waals surface area contributed by atoms with E-state index in [4.69, 9.17) is 22.1 Å². The van der Waals surface area contributed by atoms with Crippen LogP contribution in [0.5, 0.6) is 0 Å². The van der Waals surface area contributed by atoms with E-state index in [-0.39, 0.29) is 24.1 Å². The zero-order valence-electron chi connectivity index (χ0n) is 11.3. The normalized spacial score (nSPS) is 26.4. The number of rotatable bonds is 3. The highest BCUT2D eigenvalue weighted by Crippen LogP contribution is 2.27. The van der Waals surface area contributed by atoms with Gasteiger partial charge in [-0.25, -0.2) is 4.39 Å². The number of nitrogens with two attached hydrogens (primary N) is 1. The van der Waals surface area contributed by atoms with Crippen molar-refractivity contribution in [1.82, 2.24) is 4.90 Å². The summed E-state index contributed by atoms with van der Waals surface area (Å²) in [5.74, 6) is -0.297. The third kappa shape index (κ3) is 3.45. The molecular formula is C14H20ClFN2O. The van der Waals surface area contributed by atoms with Gasteiger partial charge in [0.15, 0.2) is 0 Å². The van der Waals surface area contributed by atoms with Gasteiger partial charge >= 0.3 is 0 Å². The van der Waals surface area contributed by atoms with E-state index in [9.17, 15) is 4.39 Å². The van der Waals surface area contributed by atoms with Crippen LogP contribution >= 0.6 is 11.6 Å². The van der Waals surface area contributed by atoms with Gasteiger partial charge in [0.1, 0.15) is 5.82 Å². The third-order valence-electron chi connectivity index (χ3n) is 3.43. The van der Waals surface area contributed by atoms with Gasteiger partial charge in [0.05, 0.1) is 18.2 Å². The Balaban J connectivity index is 2.23. The summed E-state index contributed by atoms with van der Waals surface area (Å²) in [6.45, 7) is 5.93. The molecule has 1 aromatic rings. The first-order valence-corrected chi connectivity index (χ1v) is 6.93. The van der Waals surface area contributed by atoms with Gasteiger partial charge < -0.3 is 10.5 Å². The average molecular weight is 287 g/mol. The van der Waals surface area contributed by atoms with Crippen molar-refractivity contribution >= 4 is 11.6 Å². The molecule has 1 heterocycles. The van der Waals surface area contributed by atoms with E-state index in [1.54, 1.807) is 12.1 Å². The molecule has 1 aliphatic heterocycles. The monoisotopic (exact) mass is 286 g/mol. The summed E-state index contributed by atoms with van der Waals surface area (Å²) in [5.41, 5.74) is 6.46. The second-order valence-electron chi connectivity index (χ2n) is 5.13. The molecule has 0 spiro atoms. The molecule has 1 aromatic carbocycles. The van der Waals surface area contributed by atoms with Gasteiger partial charge in [0.25, 0.3) is 0 Å². The van der Waals surface area contributed by atoms with Crippen LogP contribution in [0.25, 0.3) is 0 Å². The van der Waals surface area contributed by atoms with Crippen LogP contribution in [0, 0.1) is 5.82 Å². The van der Waals surface area contributed by atoms with E-state index >= 15 is 0 Å². The Hall–Kier alpha value is -0.680. The van der Waals surface area contributed by atoms with Crippen molar-refractivity contribution in [2.45, 2.75) is 32.1 Å². The van der Waals surface area contributed by atoms with Crippen molar-refractivity contribution in [3.63, 3.8) is 0 Å². The number of ether oxygens (including phenoxy) is 1. The summed E-state index contributed by atoms with van der Waals surface area (Å²) in [5, 5.41) is 0.403. The maximum absolute atomic E-state index is 14.0. The van der Waals surface area contributed by atoms with Crippen molar-refractivity contribution in [2.75, 3.05) is 19.6 Å². The smallest absolute Gasteiger partial charge is 0.129 e. The molecule has 1 unspecified atom stereocenters. The molecule has 0 aromatic heterocycles. The maximum Gasteiger partial charge on any atom is 0.129 e. The predicted octanol–water partition coefficient (Wildman–Crippen LogP) is 2.59. The molecule has 1 aliphatic rings. The van der Waals surface area contributed by atoms with Crippen LogP contribution in [0.15, 0.2) is 18.2 Å². The quantitative estimate of drug-likeness (QED) is 0.928. The van der Waals surface area contributed by atoms with Gasteiger partial charge in [-0.2, -0.15) is 0 Å². The molecule has 106 valence electrons. The lowest BCUT2D eigenvalue weighted by Crippen LogP contribution is -2.48. The van der Waals surface area contributed by atoms with E-state index < -0.39 is 0 Å². The predicted molar refractivity (Wildman–Crippen MR) is 74.8 cm³/mol. The average Bonchev–Trinajstić information content (AvgIpc) is 2.31. The summed E-state index contributed by atoms with van der Waals surface area (Å²) < 4.78 is 19.7. The largest absolute Gasteiger partial charge is 0.373 e. The Morgan fingerprint density at radius 1 is 1.42 bits per heavy atom. The second-order valence-corrected chi connectivity index (χ2v) is 5.56. The fourth-order valence-electron chi connectivity index (χ4n) is 2.72. The summed E-state index contributed by atoms with van der Waals surface area (Å²) >= 11 is 5.79. The lowest BCUT2D eigenvalue weighted by Gasteiger charge is -2.40. The van der Waals surface area contributed by atoms with Crippen LogP contribution < -0.4 is 5.73 Å². The molecule has 2 N–H and O–H groups in total. The third-order valence-corrected chi connectivity index (χ3v) is 3.67. The van der Waals surface area contributed by atoms with Gasteiger partial charge in [0.2, 0.25) is 0 Å². The van der Waals surface area contributed by atoms with Gasteiger partial charge in [-0.15, -0.1) is 0 Å². The van der Waals surface area contributed by atoms with E-state index in [2.05, 4.69) is 4.90 Å². The van der Waals surface area contributed by atoms with E-state index in [1.165, 1.54) is 6.07 Å². The van der Waals surface area contributed by atoms with Crippen molar-refractivity contribution in [1.29, 1.82) is 0 Å². The zero-order chi connectivity index (χ0) is 14.0. The molecule has 19 heavy (non-hydrogen) atoms. The van der Waals surface area contributed by atoms with Crippen LogP contribution in [0.3, 0.4) is 0 Å². The zero-order valence-corrected chi connectivity index (χ0v) is 12.0. The number of hydrogen-bond donors (Lipinski definition) is 1. The van der Waals surface area contributed by atoms with Crippen molar-refractivity contribution in [3.8, 4) is 0 Å². The molecule has 3 atom stereocenters. The van der Waals surface area contributed by atoms with Crippen molar-refractivity contribution in [3.05, 3.63) is 34.6 Å². The van der Waals surface area contributed by atoms with Crippen molar-refractivity contribution < 1.29 is 9.13 Å². The minimum Gasteiger partial charge on any atom is -0.373 e. The van der Waals surface area contributed by atoms with Gasteiger partial charge in [-0.3, -0.25) is 4.90 Å². The molecular weight excluding hydrogens is 267 g/mol. The fraction of sp³-hybridized carbons (Fsp3) is 0.571. The fourth-order valence-corrected chi connectivity index (χ4v) is 2.88. The van der Waals surface area contributed by atoms with Gasteiger partial charge in [-0.05, 0) is 26.0 Å². The Kier molecular flexibility index (Phi) is 4.79. The lowest BCUT2D eigenvalue weighted by atomic mass is 10.0. The first-order chi connectivity index (χ1) is 9.01. The molecule has 1 fully saturated rings. The van der Waals surface area contributed by atoms with Crippen LogP contribution in [0.1, 0.15) is 25.5 Å². The highest BCUT2D eigenvalue weighted by molar-refractivity contribution is 6.30. The van der Waals surface area contributed by atoms with E-state index in [1.807, 2.05) is 13.8 Å². The number of morpholine rings is 1. The molecule has 2 rings (SSSR count). The van der Waals surface area contributed by atoms with Crippen molar-refractivity contribution in [2.24, 2.45) is 5.73 Å². The Bertz CT molecular complexity index is 433. The molecule has 0 saturated carbocycles. The highest BCUT2D eigenvalue weighted by atomic mass is 35.5. The molecule has 3 nitrogen and oxygen atoms in total. The Morgan fingerprint density at radius 3 is 2.58 bits per heavy atom. The van der Waals surface area contributed by atoms with Crippen LogP contribution in [0.2, 0.25) is 5.02 Å². The van der Waals surface area contributed by atoms with Crippen LogP contribution in [-0.4, -0.2) is 36.7 Å². The van der Waals surface area contributed by atoms with Crippen LogP contribution in [-0.2, 0) is 4.74 Å². The Labute approximate surface area is 118 Å². The first kappa shape index (κ1) is 14.7. The highest BCUT2D eigenvalue weighted by Gasteiger charge is 2.29. The topological polar surface area (TPSA) is 38.5 Å². The SMILES string of the molecule is C[C@@H]1CN(C(CN)c2ccc(Cl)cc2F)C[C@H](C)O1.